The first-order chi connectivity index (χ1) is 8.29. The third-order valence-electron chi connectivity index (χ3n) is 2.21. The van der Waals surface area contributed by atoms with Crippen molar-refractivity contribution in [3.05, 3.63) is 29.8 Å². The van der Waals surface area contributed by atoms with Gasteiger partial charge in [-0.15, -0.1) is 10.2 Å². The predicted octanol–water partition coefficient (Wildman–Crippen LogP) is 3.18. The molecule has 2 N–H and O–H groups in total. The lowest BCUT2D eigenvalue weighted by Gasteiger charge is -2.03. The lowest BCUT2D eigenvalue weighted by Crippen LogP contribution is -1.95. The van der Waals surface area contributed by atoms with E-state index in [2.05, 4.69) is 16.3 Å². The van der Waals surface area contributed by atoms with Crippen molar-refractivity contribution >= 4 is 40.5 Å². The molecule has 0 aliphatic rings. The second-order valence-corrected chi connectivity index (χ2v) is 6.71. The van der Waals surface area contributed by atoms with Crippen LogP contribution in [0.4, 0.5) is 5.69 Å². The number of aryl methyl sites for hydroxylation is 1. The maximum Gasteiger partial charge on any atom is 0.175 e. The number of para-hydroxylation sites is 1. The van der Waals surface area contributed by atoms with Gasteiger partial charge in [0.2, 0.25) is 0 Å². The lowest BCUT2D eigenvalue weighted by molar-refractivity contribution is 0.955. The maximum atomic E-state index is 5.89. The highest BCUT2D eigenvalue weighted by Crippen LogP contribution is 2.28. The summed E-state index contributed by atoms with van der Waals surface area (Å²) < 4.78 is 2.05. The Morgan fingerprint density at radius 1 is 1.24 bits per heavy atom. The number of rotatable bonds is 5. The van der Waals surface area contributed by atoms with Crippen LogP contribution in [0, 0.1) is 0 Å². The van der Waals surface area contributed by atoms with E-state index in [1.54, 1.807) is 34.9 Å². The van der Waals surface area contributed by atoms with Gasteiger partial charge in [-0.3, -0.25) is 0 Å². The number of nitrogens with zero attached hydrogens (tertiary/aromatic N) is 2. The lowest BCUT2D eigenvalue weighted by atomic mass is 10.1. The van der Waals surface area contributed by atoms with E-state index in [1.807, 2.05) is 24.5 Å². The topological polar surface area (TPSA) is 51.8 Å². The highest BCUT2D eigenvalue weighted by molar-refractivity contribution is 8.02. The van der Waals surface area contributed by atoms with Crippen molar-refractivity contribution in [3.8, 4) is 0 Å². The molecular formula is C11H13N3S3. The molecule has 3 nitrogen and oxygen atoms in total. The van der Waals surface area contributed by atoms with Crippen LogP contribution >= 0.6 is 34.9 Å². The third kappa shape index (κ3) is 3.62. The Kier molecular flexibility index (Phi) is 4.70. The summed E-state index contributed by atoms with van der Waals surface area (Å²) in [6, 6.07) is 7.99. The second kappa shape index (κ2) is 6.28. The molecule has 0 spiro atoms. The summed E-state index contributed by atoms with van der Waals surface area (Å²) in [5.74, 6) is 0.983. The number of nitrogens with two attached hydrogens (primary N) is 1. The van der Waals surface area contributed by atoms with Gasteiger partial charge in [-0.2, -0.15) is 0 Å². The molecule has 1 aromatic carbocycles. The molecule has 0 bridgehead atoms. The van der Waals surface area contributed by atoms with Crippen LogP contribution in [0.15, 0.2) is 32.9 Å². The monoisotopic (exact) mass is 283 g/mol. The number of thioether (sulfide) groups is 2. The van der Waals surface area contributed by atoms with Gasteiger partial charge in [-0.1, -0.05) is 53.1 Å². The molecular weight excluding hydrogens is 270 g/mol. The second-order valence-electron chi connectivity index (χ2n) is 3.34. The highest BCUT2D eigenvalue weighted by atomic mass is 32.2. The van der Waals surface area contributed by atoms with Crippen LogP contribution in [0.2, 0.25) is 0 Å². The molecule has 90 valence electrons. The summed E-state index contributed by atoms with van der Waals surface area (Å²) in [6.45, 7) is 0. The largest absolute Gasteiger partial charge is 0.399 e. The molecule has 0 saturated carbocycles. The van der Waals surface area contributed by atoms with Gasteiger partial charge in [0.1, 0.15) is 0 Å². The van der Waals surface area contributed by atoms with Gasteiger partial charge in [0, 0.05) is 11.4 Å². The molecule has 0 saturated heterocycles. The first-order valence-corrected chi connectivity index (χ1v) is 8.16. The number of benzene rings is 1. The average Bonchev–Trinajstić information content (AvgIpc) is 2.80. The molecule has 2 aromatic rings. The van der Waals surface area contributed by atoms with E-state index in [0.717, 1.165) is 26.5 Å². The van der Waals surface area contributed by atoms with E-state index in [1.165, 1.54) is 5.56 Å². The van der Waals surface area contributed by atoms with E-state index >= 15 is 0 Å². The Labute approximate surface area is 113 Å². The normalized spacial score (nSPS) is 10.6. The zero-order valence-corrected chi connectivity index (χ0v) is 11.9. The molecule has 17 heavy (non-hydrogen) atoms. The van der Waals surface area contributed by atoms with Gasteiger partial charge in [-0.25, -0.2) is 0 Å². The molecule has 0 amide bonds. The fraction of sp³-hybridized carbons (Fsp3) is 0.273. The van der Waals surface area contributed by atoms with Gasteiger partial charge in [0.15, 0.2) is 8.68 Å². The highest BCUT2D eigenvalue weighted by Gasteiger charge is 2.04. The first kappa shape index (κ1) is 12.7. The van der Waals surface area contributed by atoms with E-state index in [4.69, 9.17) is 5.73 Å². The summed E-state index contributed by atoms with van der Waals surface area (Å²) in [6.07, 6.45) is 2.98. The van der Waals surface area contributed by atoms with Crippen LogP contribution in [0.5, 0.6) is 0 Å². The molecule has 6 heteroatoms. The average molecular weight is 283 g/mol. The van der Waals surface area contributed by atoms with Crippen molar-refractivity contribution in [3.63, 3.8) is 0 Å². The standard InChI is InChI=1S/C11H13N3S3/c1-15-10-13-14-11(17-10)16-7-6-8-4-2-3-5-9(8)12/h2-5H,6-7,12H2,1H3. The van der Waals surface area contributed by atoms with E-state index in [0.29, 0.717) is 0 Å². The fourth-order valence-electron chi connectivity index (χ4n) is 1.35. The predicted molar refractivity (Wildman–Crippen MR) is 77.0 cm³/mol. The Morgan fingerprint density at radius 3 is 2.71 bits per heavy atom. The van der Waals surface area contributed by atoms with Crippen molar-refractivity contribution < 1.29 is 0 Å². The van der Waals surface area contributed by atoms with Crippen LogP contribution in [-0.4, -0.2) is 22.2 Å². The van der Waals surface area contributed by atoms with Crippen LogP contribution in [-0.2, 0) is 6.42 Å². The Balaban J connectivity index is 1.85. The van der Waals surface area contributed by atoms with Crippen molar-refractivity contribution in [2.24, 2.45) is 0 Å². The zero-order valence-electron chi connectivity index (χ0n) is 9.42. The number of nitrogen functional groups attached to an aromatic ring is 1. The Bertz CT molecular complexity index is 484. The van der Waals surface area contributed by atoms with Crippen molar-refractivity contribution in [1.29, 1.82) is 0 Å². The molecule has 2 rings (SSSR count). The SMILES string of the molecule is CSc1nnc(SCCc2ccccc2N)s1. The van der Waals surface area contributed by atoms with Gasteiger partial charge in [-0.05, 0) is 24.3 Å². The number of hydrogen-bond donors (Lipinski definition) is 1. The first-order valence-electron chi connectivity index (χ1n) is 5.13. The number of hydrogen-bond acceptors (Lipinski definition) is 6. The summed E-state index contributed by atoms with van der Waals surface area (Å²) in [5, 5.41) is 8.18. The van der Waals surface area contributed by atoms with Gasteiger partial charge < -0.3 is 5.73 Å². The third-order valence-corrected chi connectivity index (χ3v) is 5.25. The Hall–Kier alpha value is -0.720. The van der Waals surface area contributed by atoms with Crippen LogP contribution in [0.25, 0.3) is 0 Å². The Morgan fingerprint density at radius 2 is 2.00 bits per heavy atom. The van der Waals surface area contributed by atoms with E-state index in [9.17, 15) is 0 Å². The van der Waals surface area contributed by atoms with Crippen molar-refractivity contribution in [2.75, 3.05) is 17.7 Å². The fourth-order valence-corrected chi connectivity index (χ4v) is 3.83. The molecule has 0 aliphatic carbocycles. The minimum atomic E-state index is 0.871. The minimum absolute atomic E-state index is 0.871. The van der Waals surface area contributed by atoms with Crippen molar-refractivity contribution in [2.45, 2.75) is 15.1 Å². The molecule has 1 aromatic heterocycles. The molecule has 0 radical (unpaired) electrons. The summed E-state index contributed by atoms with van der Waals surface area (Å²) in [4.78, 5) is 0. The van der Waals surface area contributed by atoms with E-state index < -0.39 is 0 Å². The molecule has 0 atom stereocenters. The van der Waals surface area contributed by atoms with Crippen LogP contribution in [0.3, 0.4) is 0 Å². The number of aromatic nitrogens is 2. The molecule has 0 fully saturated rings. The molecule has 0 aliphatic heterocycles. The van der Waals surface area contributed by atoms with Crippen LogP contribution in [0.1, 0.15) is 5.56 Å². The van der Waals surface area contributed by atoms with E-state index in [-0.39, 0.29) is 0 Å². The summed E-state index contributed by atoms with van der Waals surface area (Å²) in [7, 11) is 0. The van der Waals surface area contributed by atoms with Gasteiger partial charge in [0.25, 0.3) is 0 Å². The summed E-state index contributed by atoms with van der Waals surface area (Å²) in [5.41, 5.74) is 7.96. The smallest absolute Gasteiger partial charge is 0.175 e. The molecule has 0 unspecified atom stereocenters. The summed E-state index contributed by atoms with van der Waals surface area (Å²) >= 11 is 5.01. The number of anilines is 1. The van der Waals surface area contributed by atoms with Crippen LogP contribution < -0.4 is 5.73 Å². The quantitative estimate of drug-likeness (QED) is 0.674. The van der Waals surface area contributed by atoms with Crippen molar-refractivity contribution in [1.82, 2.24) is 10.2 Å². The van der Waals surface area contributed by atoms with Gasteiger partial charge in [0.05, 0.1) is 0 Å². The molecule has 1 heterocycles. The minimum Gasteiger partial charge on any atom is -0.399 e. The zero-order chi connectivity index (χ0) is 12.1. The maximum absolute atomic E-state index is 5.89. The van der Waals surface area contributed by atoms with Gasteiger partial charge >= 0.3 is 0 Å².